The molecule has 0 aliphatic carbocycles. The number of imidazole rings is 1. The second-order valence-corrected chi connectivity index (χ2v) is 4.73. The van der Waals surface area contributed by atoms with Gasteiger partial charge in [0.1, 0.15) is 16.4 Å². The molecule has 0 unspecified atom stereocenters. The summed E-state index contributed by atoms with van der Waals surface area (Å²) in [4.78, 5) is 8.73. The predicted octanol–water partition coefficient (Wildman–Crippen LogP) is 2.68. The summed E-state index contributed by atoms with van der Waals surface area (Å²) >= 11 is 3.36. The summed E-state index contributed by atoms with van der Waals surface area (Å²) in [7, 11) is 0. The number of hydrogen-bond acceptors (Lipinski definition) is 3. The van der Waals surface area contributed by atoms with Gasteiger partial charge in [-0.15, -0.1) is 0 Å². The van der Waals surface area contributed by atoms with E-state index in [1.807, 2.05) is 41.0 Å². The zero-order valence-electron chi connectivity index (χ0n) is 9.42. The summed E-state index contributed by atoms with van der Waals surface area (Å²) in [6, 6.07) is 11.5. The number of aliphatic hydroxyl groups excluding tert-OH is 1. The molecule has 18 heavy (non-hydrogen) atoms. The minimum absolute atomic E-state index is 0.0254. The van der Waals surface area contributed by atoms with E-state index in [-0.39, 0.29) is 6.61 Å². The Morgan fingerprint density at radius 3 is 2.94 bits per heavy atom. The Morgan fingerprint density at radius 1 is 1.22 bits per heavy atom. The van der Waals surface area contributed by atoms with Crippen LogP contribution < -0.4 is 0 Å². The Kier molecular flexibility index (Phi) is 2.85. The molecule has 0 saturated carbocycles. The highest BCUT2D eigenvalue weighted by atomic mass is 79.9. The topological polar surface area (TPSA) is 50.9 Å². The van der Waals surface area contributed by atoms with Crippen LogP contribution >= 0.6 is 15.9 Å². The first-order valence-electron chi connectivity index (χ1n) is 5.48. The minimum Gasteiger partial charge on any atom is -0.392 e. The molecule has 2 heterocycles. The maximum Gasteiger partial charge on any atom is 0.165 e. The SMILES string of the molecule is OCc1cccc(-n2cnc3ccc(Br)nc32)c1. The molecule has 0 aliphatic rings. The lowest BCUT2D eigenvalue weighted by atomic mass is 10.2. The van der Waals surface area contributed by atoms with Gasteiger partial charge in [-0.3, -0.25) is 4.57 Å². The van der Waals surface area contributed by atoms with E-state index in [2.05, 4.69) is 25.9 Å². The molecule has 2 aromatic heterocycles. The third-order valence-electron chi connectivity index (χ3n) is 2.73. The number of aromatic nitrogens is 3. The summed E-state index contributed by atoms with van der Waals surface area (Å²) in [6.07, 6.45) is 1.74. The van der Waals surface area contributed by atoms with Crippen molar-refractivity contribution < 1.29 is 5.11 Å². The van der Waals surface area contributed by atoms with Crippen molar-refractivity contribution in [3.8, 4) is 5.69 Å². The molecule has 3 aromatic rings. The third kappa shape index (κ3) is 1.91. The largest absolute Gasteiger partial charge is 0.392 e. The molecule has 0 spiro atoms. The predicted molar refractivity (Wildman–Crippen MR) is 72.5 cm³/mol. The van der Waals surface area contributed by atoms with Crippen molar-refractivity contribution in [2.24, 2.45) is 0 Å². The van der Waals surface area contributed by atoms with Crippen LogP contribution in [0.1, 0.15) is 5.56 Å². The van der Waals surface area contributed by atoms with Gasteiger partial charge in [0.05, 0.1) is 6.61 Å². The van der Waals surface area contributed by atoms with E-state index in [1.165, 1.54) is 0 Å². The lowest BCUT2D eigenvalue weighted by Crippen LogP contribution is -1.95. The molecule has 0 atom stereocenters. The molecule has 3 rings (SSSR count). The molecule has 4 nitrogen and oxygen atoms in total. The molecule has 0 radical (unpaired) electrons. The summed E-state index contributed by atoms with van der Waals surface area (Å²) < 4.78 is 2.68. The lowest BCUT2D eigenvalue weighted by Gasteiger charge is -2.05. The average molecular weight is 304 g/mol. The first-order valence-corrected chi connectivity index (χ1v) is 6.27. The molecule has 0 amide bonds. The van der Waals surface area contributed by atoms with Crippen LogP contribution in [0.4, 0.5) is 0 Å². The second-order valence-electron chi connectivity index (χ2n) is 3.92. The summed E-state index contributed by atoms with van der Waals surface area (Å²) in [6.45, 7) is 0.0254. The van der Waals surface area contributed by atoms with Crippen LogP contribution in [0.3, 0.4) is 0 Å². The number of halogens is 1. The highest BCUT2D eigenvalue weighted by Gasteiger charge is 2.06. The Labute approximate surface area is 112 Å². The van der Waals surface area contributed by atoms with E-state index >= 15 is 0 Å². The zero-order chi connectivity index (χ0) is 12.5. The van der Waals surface area contributed by atoms with Gasteiger partial charge in [0, 0.05) is 5.69 Å². The first-order chi connectivity index (χ1) is 8.78. The molecule has 90 valence electrons. The van der Waals surface area contributed by atoms with Crippen LogP contribution in [-0.2, 0) is 6.61 Å². The van der Waals surface area contributed by atoms with E-state index in [4.69, 9.17) is 5.11 Å². The Balaban J connectivity index is 2.21. The van der Waals surface area contributed by atoms with Crippen LogP contribution in [0.25, 0.3) is 16.9 Å². The van der Waals surface area contributed by atoms with Crippen LogP contribution in [-0.4, -0.2) is 19.6 Å². The van der Waals surface area contributed by atoms with E-state index < -0.39 is 0 Å². The second kappa shape index (κ2) is 4.51. The molecule has 1 N–H and O–H groups in total. The fraction of sp³-hybridized carbons (Fsp3) is 0.0769. The monoisotopic (exact) mass is 303 g/mol. The van der Waals surface area contributed by atoms with Crippen molar-refractivity contribution in [1.82, 2.24) is 14.5 Å². The van der Waals surface area contributed by atoms with Gasteiger partial charge in [-0.1, -0.05) is 12.1 Å². The smallest absolute Gasteiger partial charge is 0.165 e. The molecule has 5 heteroatoms. The number of nitrogens with zero attached hydrogens (tertiary/aromatic N) is 3. The maximum absolute atomic E-state index is 9.17. The Hall–Kier alpha value is -1.72. The van der Waals surface area contributed by atoms with Gasteiger partial charge in [0.15, 0.2) is 5.65 Å². The van der Waals surface area contributed by atoms with Crippen molar-refractivity contribution >= 4 is 27.1 Å². The summed E-state index contributed by atoms with van der Waals surface area (Å²) in [5, 5.41) is 9.17. The first kappa shape index (κ1) is 11.4. The van der Waals surface area contributed by atoms with E-state index in [9.17, 15) is 0 Å². The zero-order valence-corrected chi connectivity index (χ0v) is 11.0. The van der Waals surface area contributed by atoms with Crippen molar-refractivity contribution in [2.45, 2.75) is 6.61 Å². The van der Waals surface area contributed by atoms with Crippen molar-refractivity contribution in [3.63, 3.8) is 0 Å². The van der Waals surface area contributed by atoms with Crippen molar-refractivity contribution in [3.05, 3.63) is 52.9 Å². The van der Waals surface area contributed by atoms with E-state index in [0.29, 0.717) is 0 Å². The average Bonchev–Trinajstić information content (AvgIpc) is 2.81. The molecular formula is C13H10BrN3O. The van der Waals surface area contributed by atoms with Crippen LogP contribution in [0, 0.1) is 0 Å². The molecule has 0 bridgehead atoms. The van der Waals surface area contributed by atoms with Crippen LogP contribution in [0.2, 0.25) is 0 Å². The number of benzene rings is 1. The highest BCUT2D eigenvalue weighted by molar-refractivity contribution is 9.10. The quantitative estimate of drug-likeness (QED) is 0.741. The molecule has 0 saturated heterocycles. The fourth-order valence-electron chi connectivity index (χ4n) is 1.86. The van der Waals surface area contributed by atoms with Crippen molar-refractivity contribution in [2.75, 3.05) is 0 Å². The molecule has 0 aliphatic heterocycles. The van der Waals surface area contributed by atoms with Crippen molar-refractivity contribution in [1.29, 1.82) is 0 Å². The third-order valence-corrected chi connectivity index (χ3v) is 3.17. The number of aliphatic hydroxyl groups is 1. The molecule has 1 aromatic carbocycles. The standard InChI is InChI=1S/C13H10BrN3O/c14-12-5-4-11-13(16-12)17(8-15-11)10-3-1-2-9(6-10)7-18/h1-6,8,18H,7H2. The van der Waals surface area contributed by atoms with Crippen LogP contribution in [0.15, 0.2) is 47.3 Å². The molecular weight excluding hydrogens is 294 g/mol. The van der Waals surface area contributed by atoms with Gasteiger partial charge in [0.25, 0.3) is 0 Å². The lowest BCUT2D eigenvalue weighted by molar-refractivity contribution is 0.282. The van der Waals surface area contributed by atoms with E-state index in [0.717, 1.165) is 27.0 Å². The fourth-order valence-corrected chi connectivity index (χ4v) is 2.16. The van der Waals surface area contributed by atoms with Gasteiger partial charge in [-0.2, -0.15) is 0 Å². The Bertz CT molecular complexity index is 708. The highest BCUT2D eigenvalue weighted by Crippen LogP contribution is 2.19. The van der Waals surface area contributed by atoms with E-state index in [1.54, 1.807) is 6.33 Å². The van der Waals surface area contributed by atoms with Crippen LogP contribution in [0.5, 0.6) is 0 Å². The summed E-state index contributed by atoms with van der Waals surface area (Å²) in [5.41, 5.74) is 3.44. The van der Waals surface area contributed by atoms with Gasteiger partial charge in [-0.25, -0.2) is 9.97 Å². The Morgan fingerprint density at radius 2 is 2.11 bits per heavy atom. The normalized spacial score (nSPS) is 11.0. The number of rotatable bonds is 2. The maximum atomic E-state index is 9.17. The van der Waals surface area contributed by atoms with Gasteiger partial charge in [0.2, 0.25) is 0 Å². The molecule has 0 fully saturated rings. The van der Waals surface area contributed by atoms with Gasteiger partial charge in [-0.05, 0) is 45.8 Å². The minimum atomic E-state index is 0.0254. The number of hydrogen-bond donors (Lipinski definition) is 1. The number of fused-ring (bicyclic) bond motifs is 1. The number of pyridine rings is 1. The van der Waals surface area contributed by atoms with Gasteiger partial charge < -0.3 is 5.11 Å². The summed E-state index contributed by atoms with van der Waals surface area (Å²) in [5.74, 6) is 0. The van der Waals surface area contributed by atoms with Gasteiger partial charge >= 0.3 is 0 Å².